The van der Waals surface area contributed by atoms with Crippen LogP contribution in [0.25, 0.3) is 0 Å². The molecule has 23 heavy (non-hydrogen) atoms. The Balaban J connectivity index is 2.32. The van der Waals surface area contributed by atoms with Gasteiger partial charge in [-0.3, -0.25) is 14.2 Å². The second-order valence-electron chi connectivity index (χ2n) is 5.39. The molecule has 1 saturated carbocycles. The highest BCUT2D eigenvalue weighted by Crippen LogP contribution is 2.50. The van der Waals surface area contributed by atoms with Gasteiger partial charge < -0.3 is 9.05 Å². The smallest absolute Gasteiger partial charge is 0.312 e. The normalized spacial score (nSPS) is 15.7. The first-order valence-electron chi connectivity index (χ1n) is 7.21. The van der Waals surface area contributed by atoms with Crippen molar-refractivity contribution in [2.75, 3.05) is 14.2 Å². The third-order valence-corrected chi connectivity index (χ3v) is 5.70. The average Bonchev–Trinajstić information content (AvgIpc) is 3.40. The maximum absolute atomic E-state index is 12.6. The van der Waals surface area contributed by atoms with Gasteiger partial charge in [-0.15, -0.1) is 0 Å². The van der Waals surface area contributed by atoms with Crippen LogP contribution in [0.3, 0.4) is 0 Å². The molecule has 1 aliphatic carbocycles. The van der Waals surface area contributed by atoms with Gasteiger partial charge >= 0.3 is 7.60 Å². The number of rotatable bonds is 8. The van der Waals surface area contributed by atoms with Crippen molar-refractivity contribution < 1.29 is 23.2 Å². The van der Waals surface area contributed by atoms with E-state index in [1.165, 1.54) is 20.3 Å². The fourth-order valence-corrected chi connectivity index (χ4v) is 3.42. The largest absolute Gasteiger partial charge is 0.334 e. The van der Waals surface area contributed by atoms with Gasteiger partial charge in [-0.05, 0) is 18.4 Å². The molecule has 7 heteroatoms. The van der Waals surface area contributed by atoms with E-state index in [1.54, 1.807) is 18.2 Å². The summed E-state index contributed by atoms with van der Waals surface area (Å²) in [5, 5.41) is 9.22. The molecule has 0 amide bonds. The van der Waals surface area contributed by atoms with Crippen LogP contribution in [0.4, 0.5) is 0 Å². The highest BCUT2D eigenvalue weighted by molar-refractivity contribution is 7.52. The minimum atomic E-state index is -3.36. The first-order chi connectivity index (χ1) is 11.0. The topological polar surface area (TPSA) is 93.5 Å². The van der Waals surface area contributed by atoms with E-state index in [-0.39, 0.29) is 23.4 Å². The Bertz CT molecular complexity index is 697. The molecule has 0 spiro atoms. The molecule has 0 saturated heterocycles. The van der Waals surface area contributed by atoms with Crippen molar-refractivity contribution in [1.29, 1.82) is 5.26 Å². The molecule has 0 bridgehead atoms. The zero-order valence-electron chi connectivity index (χ0n) is 13.0. The number of hydrogen-bond acceptors (Lipinski definition) is 6. The Labute approximate surface area is 134 Å². The lowest BCUT2D eigenvalue weighted by molar-refractivity contribution is -0.121. The van der Waals surface area contributed by atoms with Gasteiger partial charge in [0.05, 0.1) is 12.2 Å². The van der Waals surface area contributed by atoms with Gasteiger partial charge in [0.2, 0.25) is 0 Å². The molecule has 0 aromatic heterocycles. The zero-order chi connectivity index (χ0) is 17.0. The lowest BCUT2D eigenvalue weighted by atomic mass is 9.90. The van der Waals surface area contributed by atoms with E-state index in [1.807, 2.05) is 6.07 Å². The van der Waals surface area contributed by atoms with Crippen LogP contribution in [-0.2, 0) is 24.6 Å². The van der Waals surface area contributed by atoms with Gasteiger partial charge in [0, 0.05) is 25.7 Å². The number of benzene rings is 1. The maximum Gasteiger partial charge on any atom is 0.334 e. The van der Waals surface area contributed by atoms with E-state index in [4.69, 9.17) is 9.05 Å². The first-order valence-corrected chi connectivity index (χ1v) is 8.94. The van der Waals surface area contributed by atoms with Crippen LogP contribution < -0.4 is 0 Å². The Kier molecular flexibility index (Phi) is 5.48. The summed E-state index contributed by atoms with van der Waals surface area (Å²) < 4.78 is 22.1. The van der Waals surface area contributed by atoms with E-state index in [0.29, 0.717) is 5.56 Å². The van der Waals surface area contributed by atoms with E-state index in [9.17, 15) is 19.4 Å². The molecular formula is C16H18NO5P. The molecule has 0 radical (unpaired) electrons. The molecule has 0 aliphatic heterocycles. The molecule has 6 nitrogen and oxygen atoms in total. The summed E-state index contributed by atoms with van der Waals surface area (Å²) >= 11 is 0. The summed E-state index contributed by atoms with van der Waals surface area (Å²) in [5.74, 6) is -2.37. The molecule has 1 aromatic rings. The average molecular weight is 335 g/mol. The van der Waals surface area contributed by atoms with Crippen LogP contribution in [0.1, 0.15) is 28.8 Å². The van der Waals surface area contributed by atoms with Crippen molar-refractivity contribution in [2.45, 2.75) is 19.0 Å². The number of hydrogen-bond donors (Lipinski definition) is 0. The van der Waals surface area contributed by atoms with Crippen molar-refractivity contribution >= 4 is 19.2 Å². The van der Waals surface area contributed by atoms with Gasteiger partial charge in [-0.2, -0.15) is 5.26 Å². The van der Waals surface area contributed by atoms with E-state index in [2.05, 4.69) is 0 Å². The van der Waals surface area contributed by atoms with Crippen LogP contribution >= 0.6 is 7.60 Å². The predicted molar refractivity (Wildman–Crippen MR) is 82.9 cm³/mol. The number of ketones is 2. The van der Waals surface area contributed by atoms with Crippen molar-refractivity contribution in [3.05, 3.63) is 35.4 Å². The zero-order valence-corrected chi connectivity index (χ0v) is 13.9. The van der Waals surface area contributed by atoms with Crippen molar-refractivity contribution in [3.63, 3.8) is 0 Å². The SMILES string of the molecule is COP(=O)(Cc1ccccc1C(=O)C(C#N)C(=O)C1CC1)OC. The van der Waals surface area contributed by atoms with Gasteiger partial charge in [0.25, 0.3) is 0 Å². The van der Waals surface area contributed by atoms with Crippen molar-refractivity contribution in [1.82, 2.24) is 0 Å². The first kappa shape index (κ1) is 17.6. The molecule has 1 aromatic carbocycles. The highest BCUT2D eigenvalue weighted by Gasteiger charge is 2.39. The second kappa shape index (κ2) is 7.18. The van der Waals surface area contributed by atoms with E-state index < -0.39 is 19.3 Å². The molecule has 1 fully saturated rings. The third kappa shape index (κ3) is 3.94. The lowest BCUT2D eigenvalue weighted by Gasteiger charge is -2.16. The number of nitrogens with zero attached hydrogens (tertiary/aromatic N) is 1. The van der Waals surface area contributed by atoms with Gasteiger partial charge in [-0.1, -0.05) is 24.3 Å². The van der Waals surface area contributed by atoms with Crippen molar-refractivity contribution in [2.24, 2.45) is 11.8 Å². The summed E-state index contributed by atoms with van der Waals surface area (Å²) in [6.07, 6.45) is 1.36. The summed E-state index contributed by atoms with van der Waals surface area (Å²) in [4.78, 5) is 24.7. The molecular weight excluding hydrogens is 317 g/mol. The molecule has 122 valence electrons. The summed E-state index contributed by atoms with van der Waals surface area (Å²) in [5.41, 5.74) is 0.649. The molecule has 1 unspecified atom stereocenters. The monoisotopic (exact) mass is 335 g/mol. The number of Topliss-reactive ketones (excluding diaryl/α,β-unsaturated/α-hetero) is 2. The number of nitriles is 1. The van der Waals surface area contributed by atoms with Crippen LogP contribution in [0.5, 0.6) is 0 Å². The van der Waals surface area contributed by atoms with Gasteiger partial charge in [0.15, 0.2) is 17.5 Å². The molecule has 0 heterocycles. The van der Waals surface area contributed by atoms with E-state index >= 15 is 0 Å². The standard InChI is InChI=1S/C16H18NO5P/c1-21-23(20,22-2)10-12-5-3-4-6-13(12)16(19)14(9-17)15(18)11-7-8-11/h3-6,11,14H,7-8,10H2,1-2H3. The predicted octanol–water partition coefficient (Wildman–Crippen LogP) is 2.97. The summed E-state index contributed by atoms with van der Waals surface area (Å²) in [6.45, 7) is 0. The van der Waals surface area contributed by atoms with Gasteiger partial charge in [-0.25, -0.2) is 0 Å². The molecule has 1 aliphatic rings. The third-order valence-electron chi connectivity index (χ3n) is 3.86. The maximum atomic E-state index is 12.6. The highest BCUT2D eigenvalue weighted by atomic mass is 31.2. The minimum absolute atomic E-state index is 0.0995. The molecule has 0 N–H and O–H groups in total. The summed E-state index contributed by atoms with van der Waals surface area (Å²) in [7, 11) is -0.824. The fraction of sp³-hybridized carbons (Fsp3) is 0.438. The van der Waals surface area contributed by atoms with Crippen LogP contribution in [0, 0.1) is 23.2 Å². The Hall–Kier alpha value is -1.80. The van der Waals surface area contributed by atoms with E-state index in [0.717, 1.165) is 12.8 Å². The Morgan fingerprint density at radius 2 is 1.91 bits per heavy atom. The summed E-state index contributed by atoms with van der Waals surface area (Å²) in [6, 6.07) is 8.28. The Morgan fingerprint density at radius 1 is 1.30 bits per heavy atom. The van der Waals surface area contributed by atoms with Crippen LogP contribution in [0.15, 0.2) is 24.3 Å². The Morgan fingerprint density at radius 3 is 2.43 bits per heavy atom. The number of carbonyl (C=O) groups excluding carboxylic acids is 2. The molecule has 1 atom stereocenters. The second-order valence-corrected chi connectivity index (χ2v) is 7.66. The van der Waals surface area contributed by atoms with Gasteiger partial charge in [0.1, 0.15) is 0 Å². The van der Waals surface area contributed by atoms with Crippen LogP contribution in [0.2, 0.25) is 0 Å². The lowest BCUT2D eigenvalue weighted by Crippen LogP contribution is -2.25. The number of carbonyl (C=O) groups is 2. The van der Waals surface area contributed by atoms with Crippen LogP contribution in [-0.4, -0.2) is 25.8 Å². The minimum Gasteiger partial charge on any atom is -0.312 e. The fourth-order valence-electron chi connectivity index (χ4n) is 2.32. The quantitative estimate of drug-likeness (QED) is 0.412. The van der Waals surface area contributed by atoms with Crippen molar-refractivity contribution in [3.8, 4) is 6.07 Å². The molecule has 2 rings (SSSR count).